The van der Waals surface area contributed by atoms with Crippen LogP contribution in [0.2, 0.25) is 0 Å². The van der Waals surface area contributed by atoms with Gasteiger partial charge in [0.2, 0.25) is 0 Å². The number of hydrogen-bond acceptors (Lipinski definition) is 4. The first-order valence-corrected chi connectivity index (χ1v) is 5.55. The van der Waals surface area contributed by atoms with E-state index in [0.29, 0.717) is 0 Å². The molecular formula is C11H25N3O2. The van der Waals surface area contributed by atoms with Gasteiger partial charge in [-0.2, -0.15) is 0 Å². The van der Waals surface area contributed by atoms with Gasteiger partial charge in [0.05, 0.1) is 0 Å². The Balaban J connectivity index is 3.91. The molecule has 0 aromatic rings. The molecule has 0 bridgehead atoms. The zero-order valence-electron chi connectivity index (χ0n) is 10.7. The first-order valence-electron chi connectivity index (χ1n) is 5.55. The maximum atomic E-state index is 9.07. The maximum Gasteiger partial charge on any atom is 0.144 e. The van der Waals surface area contributed by atoms with Crippen molar-refractivity contribution in [3.8, 4) is 0 Å². The van der Waals surface area contributed by atoms with E-state index < -0.39 is 0 Å². The van der Waals surface area contributed by atoms with Crippen LogP contribution in [-0.2, 0) is 0 Å². The van der Waals surface area contributed by atoms with E-state index in [1.54, 1.807) is 0 Å². The monoisotopic (exact) mass is 231 g/mol. The van der Waals surface area contributed by atoms with Crippen molar-refractivity contribution >= 4 is 5.84 Å². The molecule has 0 aliphatic carbocycles. The Kier molecular flexibility index (Phi) is 5.75. The molecule has 0 saturated heterocycles. The third-order valence-corrected chi connectivity index (χ3v) is 2.76. The summed E-state index contributed by atoms with van der Waals surface area (Å²) in [5, 5.41) is 24.0. The molecule has 0 heterocycles. The van der Waals surface area contributed by atoms with E-state index in [1.165, 1.54) is 0 Å². The average Bonchev–Trinajstić information content (AvgIpc) is 2.23. The largest absolute Gasteiger partial charge is 0.409 e. The topological polar surface area (TPSA) is 90.9 Å². The zero-order valence-corrected chi connectivity index (χ0v) is 10.7. The highest BCUT2D eigenvalue weighted by Crippen LogP contribution is 2.19. The van der Waals surface area contributed by atoms with E-state index in [4.69, 9.17) is 16.0 Å². The maximum absolute atomic E-state index is 9.07. The first-order chi connectivity index (χ1) is 7.25. The van der Waals surface area contributed by atoms with Crippen LogP contribution in [0.25, 0.3) is 0 Å². The molecule has 0 aliphatic heterocycles. The fraction of sp³-hybridized carbons (Fsp3) is 0.909. The first kappa shape index (κ1) is 15.2. The normalized spacial score (nSPS) is 14.2. The molecule has 0 radical (unpaired) electrons. The Labute approximate surface area is 97.7 Å². The van der Waals surface area contributed by atoms with E-state index in [-0.39, 0.29) is 23.3 Å². The Morgan fingerprint density at radius 1 is 1.31 bits per heavy atom. The van der Waals surface area contributed by atoms with Gasteiger partial charge >= 0.3 is 0 Å². The molecule has 0 aliphatic rings. The van der Waals surface area contributed by atoms with Crippen LogP contribution in [0.5, 0.6) is 0 Å². The number of nitrogens with two attached hydrogens (primary N) is 1. The van der Waals surface area contributed by atoms with Gasteiger partial charge in [-0.1, -0.05) is 32.9 Å². The molecule has 0 rings (SSSR count). The van der Waals surface area contributed by atoms with E-state index in [2.05, 4.69) is 10.5 Å². The van der Waals surface area contributed by atoms with Crippen molar-refractivity contribution in [1.29, 1.82) is 0 Å². The van der Waals surface area contributed by atoms with Crippen molar-refractivity contribution in [2.45, 2.75) is 34.1 Å². The summed E-state index contributed by atoms with van der Waals surface area (Å²) < 4.78 is 0. The Morgan fingerprint density at radius 3 is 2.31 bits per heavy atom. The fourth-order valence-electron chi connectivity index (χ4n) is 1.15. The second-order valence-electron chi connectivity index (χ2n) is 5.62. The fourth-order valence-corrected chi connectivity index (χ4v) is 1.15. The molecule has 96 valence electrons. The Morgan fingerprint density at radius 2 is 1.88 bits per heavy atom. The van der Waals surface area contributed by atoms with Crippen LogP contribution >= 0.6 is 0 Å². The summed E-state index contributed by atoms with van der Waals surface area (Å²) >= 11 is 0. The molecular weight excluding hydrogens is 206 g/mol. The standard InChI is InChI=1S/C11H25N3O2/c1-10(2,8-15)7-13-6-5-11(3,4)9(12)14-16/h13,15-16H,5-8H2,1-4H3,(H2,12,14). The molecule has 0 saturated carbocycles. The van der Waals surface area contributed by atoms with E-state index >= 15 is 0 Å². The smallest absolute Gasteiger partial charge is 0.144 e. The molecule has 0 aromatic carbocycles. The lowest BCUT2D eigenvalue weighted by Gasteiger charge is -2.25. The number of nitrogens with zero attached hydrogens (tertiary/aromatic N) is 1. The van der Waals surface area contributed by atoms with Gasteiger partial charge in [0, 0.05) is 24.0 Å². The SMILES string of the molecule is CC(C)(CO)CNCCC(C)(C)C(N)=NO. The lowest BCUT2D eigenvalue weighted by molar-refractivity contribution is 0.156. The molecule has 0 atom stereocenters. The number of aliphatic hydroxyl groups excluding tert-OH is 1. The van der Waals surface area contributed by atoms with Crippen molar-refractivity contribution in [3.05, 3.63) is 0 Å². The summed E-state index contributed by atoms with van der Waals surface area (Å²) in [4.78, 5) is 0. The number of nitrogens with one attached hydrogen (secondary N) is 1. The molecule has 0 fully saturated rings. The molecule has 0 spiro atoms. The summed E-state index contributed by atoms with van der Waals surface area (Å²) in [7, 11) is 0. The Bertz CT molecular complexity index is 237. The zero-order chi connectivity index (χ0) is 12.8. The second kappa shape index (κ2) is 6.06. The van der Waals surface area contributed by atoms with Crippen LogP contribution in [0.15, 0.2) is 5.16 Å². The van der Waals surface area contributed by atoms with Gasteiger partial charge < -0.3 is 21.4 Å². The molecule has 5 nitrogen and oxygen atoms in total. The van der Waals surface area contributed by atoms with Gasteiger partial charge in [0.15, 0.2) is 0 Å². The second-order valence-corrected chi connectivity index (χ2v) is 5.62. The average molecular weight is 231 g/mol. The van der Waals surface area contributed by atoms with Gasteiger partial charge in [-0.05, 0) is 13.0 Å². The van der Waals surface area contributed by atoms with Crippen LogP contribution < -0.4 is 11.1 Å². The molecule has 16 heavy (non-hydrogen) atoms. The number of rotatable bonds is 7. The summed E-state index contributed by atoms with van der Waals surface area (Å²) in [6.45, 7) is 9.53. The molecule has 0 amide bonds. The van der Waals surface area contributed by atoms with Crippen LogP contribution in [0.1, 0.15) is 34.1 Å². The number of hydrogen-bond donors (Lipinski definition) is 4. The van der Waals surface area contributed by atoms with Crippen molar-refractivity contribution in [1.82, 2.24) is 5.32 Å². The highest BCUT2D eigenvalue weighted by Gasteiger charge is 2.23. The van der Waals surface area contributed by atoms with Crippen molar-refractivity contribution in [3.63, 3.8) is 0 Å². The molecule has 5 heteroatoms. The quantitative estimate of drug-likeness (QED) is 0.171. The lowest BCUT2D eigenvalue weighted by atomic mass is 9.87. The van der Waals surface area contributed by atoms with Gasteiger partial charge in [-0.3, -0.25) is 0 Å². The van der Waals surface area contributed by atoms with Crippen LogP contribution in [-0.4, -0.2) is 35.8 Å². The predicted molar refractivity (Wildman–Crippen MR) is 65.5 cm³/mol. The van der Waals surface area contributed by atoms with Gasteiger partial charge in [-0.15, -0.1) is 0 Å². The van der Waals surface area contributed by atoms with Crippen LogP contribution in [0.4, 0.5) is 0 Å². The number of aliphatic hydroxyl groups is 1. The van der Waals surface area contributed by atoms with Crippen molar-refractivity contribution in [2.24, 2.45) is 21.7 Å². The van der Waals surface area contributed by atoms with Gasteiger partial charge in [-0.25, -0.2) is 0 Å². The van der Waals surface area contributed by atoms with Gasteiger partial charge in [0.1, 0.15) is 5.84 Å². The summed E-state index contributed by atoms with van der Waals surface area (Å²) in [6.07, 6.45) is 0.782. The third kappa shape index (κ3) is 5.32. The summed E-state index contributed by atoms with van der Waals surface area (Å²) in [6, 6.07) is 0. The van der Waals surface area contributed by atoms with E-state index in [0.717, 1.165) is 19.5 Å². The lowest BCUT2D eigenvalue weighted by Crippen LogP contribution is -2.37. The summed E-state index contributed by atoms with van der Waals surface area (Å²) in [5.74, 6) is 0.246. The number of amidine groups is 1. The van der Waals surface area contributed by atoms with Crippen molar-refractivity contribution in [2.75, 3.05) is 19.7 Å². The minimum atomic E-state index is -0.314. The van der Waals surface area contributed by atoms with Crippen molar-refractivity contribution < 1.29 is 10.3 Å². The molecule has 5 N–H and O–H groups in total. The van der Waals surface area contributed by atoms with Gasteiger partial charge in [0.25, 0.3) is 0 Å². The highest BCUT2D eigenvalue weighted by molar-refractivity contribution is 5.85. The minimum Gasteiger partial charge on any atom is -0.409 e. The van der Waals surface area contributed by atoms with E-state index in [1.807, 2.05) is 27.7 Å². The number of oxime groups is 1. The third-order valence-electron chi connectivity index (χ3n) is 2.76. The van der Waals surface area contributed by atoms with Crippen LogP contribution in [0, 0.1) is 10.8 Å². The Hall–Kier alpha value is -0.810. The van der Waals surface area contributed by atoms with E-state index in [9.17, 15) is 0 Å². The molecule has 0 unspecified atom stereocenters. The highest BCUT2D eigenvalue weighted by atomic mass is 16.4. The van der Waals surface area contributed by atoms with Crippen LogP contribution in [0.3, 0.4) is 0 Å². The predicted octanol–water partition coefficient (Wildman–Crippen LogP) is 0.757. The minimum absolute atomic E-state index is 0.110. The summed E-state index contributed by atoms with van der Waals surface area (Å²) in [5.41, 5.74) is 5.15. The molecule has 0 aromatic heterocycles.